The first-order chi connectivity index (χ1) is 10.4. The number of aliphatic hydroxyl groups is 1. The van der Waals surface area contributed by atoms with Gasteiger partial charge in [0.15, 0.2) is 6.61 Å². The maximum Gasteiger partial charge on any atom is 0.338 e. The molecule has 3 N–H and O–H groups in total. The van der Waals surface area contributed by atoms with Gasteiger partial charge in [-0.3, -0.25) is 10.1 Å². The second-order valence-corrected chi connectivity index (χ2v) is 5.08. The molecule has 1 aromatic rings. The summed E-state index contributed by atoms with van der Waals surface area (Å²) in [6, 6.07) is 5.51. The van der Waals surface area contributed by atoms with Gasteiger partial charge < -0.3 is 15.2 Å². The standard InChI is InChI=1S/C15H20N2O5/c1-10(2)7-16-15(21)17-13(19)9-22-14(20)12-5-3-11(8-18)4-6-12/h3-6,10,18H,7-9H2,1-2H3,(H2,16,17,19,21). The summed E-state index contributed by atoms with van der Waals surface area (Å²) >= 11 is 0. The topological polar surface area (TPSA) is 105 Å². The van der Waals surface area contributed by atoms with E-state index < -0.39 is 24.5 Å². The number of urea groups is 1. The Kier molecular flexibility index (Phi) is 7.04. The van der Waals surface area contributed by atoms with Crippen molar-refractivity contribution in [3.05, 3.63) is 35.4 Å². The zero-order chi connectivity index (χ0) is 16.5. The van der Waals surface area contributed by atoms with E-state index in [-0.39, 0.29) is 18.1 Å². The fourth-order valence-electron chi connectivity index (χ4n) is 1.46. The SMILES string of the molecule is CC(C)CNC(=O)NC(=O)COC(=O)c1ccc(CO)cc1. The molecule has 0 saturated carbocycles. The average Bonchev–Trinajstić information content (AvgIpc) is 2.50. The van der Waals surface area contributed by atoms with Crippen LogP contribution in [0.15, 0.2) is 24.3 Å². The number of benzene rings is 1. The summed E-state index contributed by atoms with van der Waals surface area (Å²) in [7, 11) is 0. The van der Waals surface area contributed by atoms with Gasteiger partial charge in [0, 0.05) is 6.54 Å². The first-order valence-electron chi connectivity index (χ1n) is 6.87. The quantitative estimate of drug-likeness (QED) is 0.675. The van der Waals surface area contributed by atoms with E-state index in [9.17, 15) is 14.4 Å². The van der Waals surface area contributed by atoms with Crippen LogP contribution in [0.1, 0.15) is 29.8 Å². The zero-order valence-electron chi connectivity index (χ0n) is 12.6. The Morgan fingerprint density at radius 3 is 2.36 bits per heavy atom. The maximum atomic E-state index is 11.7. The molecule has 0 fully saturated rings. The molecule has 0 bridgehead atoms. The molecule has 1 rings (SSSR count). The number of hydrogen-bond acceptors (Lipinski definition) is 5. The van der Waals surface area contributed by atoms with Gasteiger partial charge in [-0.2, -0.15) is 0 Å². The third kappa shape index (κ3) is 6.36. The van der Waals surface area contributed by atoms with Gasteiger partial charge in [0.1, 0.15) is 0 Å². The van der Waals surface area contributed by atoms with Gasteiger partial charge in [0.2, 0.25) is 0 Å². The van der Waals surface area contributed by atoms with Crippen molar-refractivity contribution in [3.8, 4) is 0 Å². The molecule has 0 unspecified atom stereocenters. The average molecular weight is 308 g/mol. The molecule has 7 nitrogen and oxygen atoms in total. The first kappa shape index (κ1) is 17.6. The van der Waals surface area contributed by atoms with Crippen LogP contribution >= 0.6 is 0 Å². The van der Waals surface area contributed by atoms with Crippen molar-refractivity contribution in [3.63, 3.8) is 0 Å². The van der Waals surface area contributed by atoms with E-state index >= 15 is 0 Å². The number of nitrogens with one attached hydrogen (secondary N) is 2. The number of hydrogen-bond donors (Lipinski definition) is 3. The van der Waals surface area contributed by atoms with Gasteiger partial charge >= 0.3 is 12.0 Å². The van der Waals surface area contributed by atoms with Gasteiger partial charge in [0.05, 0.1) is 12.2 Å². The van der Waals surface area contributed by atoms with Crippen LogP contribution in [0.2, 0.25) is 0 Å². The Morgan fingerprint density at radius 2 is 1.82 bits per heavy atom. The van der Waals surface area contributed by atoms with E-state index in [0.29, 0.717) is 12.1 Å². The third-order valence-electron chi connectivity index (χ3n) is 2.63. The number of amides is 3. The summed E-state index contributed by atoms with van der Waals surface area (Å²) in [6.45, 7) is 3.62. The molecule has 0 heterocycles. The summed E-state index contributed by atoms with van der Waals surface area (Å²) in [6.07, 6.45) is 0. The number of aliphatic hydroxyl groups excluding tert-OH is 1. The molecule has 0 aromatic heterocycles. The largest absolute Gasteiger partial charge is 0.452 e. The number of rotatable bonds is 6. The Hall–Kier alpha value is -2.41. The highest BCUT2D eigenvalue weighted by molar-refractivity contribution is 5.97. The van der Waals surface area contributed by atoms with Crippen molar-refractivity contribution >= 4 is 17.9 Å². The number of carbonyl (C=O) groups is 3. The molecule has 3 amide bonds. The lowest BCUT2D eigenvalue weighted by molar-refractivity contribution is -0.123. The normalized spacial score (nSPS) is 10.2. The molecule has 1 aromatic carbocycles. The van der Waals surface area contributed by atoms with Gasteiger partial charge in [-0.05, 0) is 23.6 Å². The Labute approximate surface area is 128 Å². The fourth-order valence-corrected chi connectivity index (χ4v) is 1.46. The molecular weight excluding hydrogens is 288 g/mol. The van der Waals surface area contributed by atoms with Crippen LogP contribution in [0.3, 0.4) is 0 Å². The Bertz CT molecular complexity index is 525. The second kappa shape index (κ2) is 8.78. The maximum absolute atomic E-state index is 11.7. The predicted octanol–water partition coefficient (Wildman–Crippen LogP) is 0.817. The predicted molar refractivity (Wildman–Crippen MR) is 79.0 cm³/mol. The number of imide groups is 1. The van der Waals surface area contributed by atoms with Crippen molar-refractivity contribution in [1.29, 1.82) is 0 Å². The van der Waals surface area contributed by atoms with Crippen molar-refractivity contribution in [2.45, 2.75) is 20.5 Å². The van der Waals surface area contributed by atoms with E-state index in [4.69, 9.17) is 9.84 Å². The van der Waals surface area contributed by atoms with Crippen LogP contribution in [-0.4, -0.2) is 36.2 Å². The highest BCUT2D eigenvalue weighted by atomic mass is 16.5. The Morgan fingerprint density at radius 1 is 1.18 bits per heavy atom. The van der Waals surface area contributed by atoms with E-state index in [2.05, 4.69) is 10.6 Å². The highest BCUT2D eigenvalue weighted by Gasteiger charge is 2.12. The van der Waals surface area contributed by atoms with Gasteiger partial charge in [-0.1, -0.05) is 26.0 Å². The third-order valence-corrected chi connectivity index (χ3v) is 2.63. The summed E-state index contributed by atoms with van der Waals surface area (Å²) < 4.78 is 4.80. The van der Waals surface area contributed by atoms with Crippen LogP contribution < -0.4 is 10.6 Å². The number of esters is 1. The molecule has 0 saturated heterocycles. The zero-order valence-corrected chi connectivity index (χ0v) is 12.6. The van der Waals surface area contributed by atoms with Crippen LogP contribution in [0.5, 0.6) is 0 Å². The van der Waals surface area contributed by atoms with Crippen LogP contribution in [0, 0.1) is 5.92 Å². The minimum Gasteiger partial charge on any atom is -0.452 e. The molecule has 0 radical (unpaired) electrons. The highest BCUT2D eigenvalue weighted by Crippen LogP contribution is 2.05. The number of ether oxygens (including phenoxy) is 1. The second-order valence-electron chi connectivity index (χ2n) is 5.08. The minimum atomic E-state index is -0.707. The molecule has 22 heavy (non-hydrogen) atoms. The molecular formula is C15H20N2O5. The van der Waals surface area contributed by atoms with E-state index in [0.717, 1.165) is 0 Å². The van der Waals surface area contributed by atoms with Crippen LogP contribution in [0.4, 0.5) is 4.79 Å². The van der Waals surface area contributed by atoms with Crippen LogP contribution in [0.25, 0.3) is 0 Å². The van der Waals surface area contributed by atoms with Crippen molar-refractivity contribution in [2.75, 3.05) is 13.2 Å². The summed E-state index contributed by atoms with van der Waals surface area (Å²) in [5.74, 6) is -1.12. The van der Waals surface area contributed by atoms with E-state index in [1.807, 2.05) is 13.8 Å². The minimum absolute atomic E-state index is 0.122. The summed E-state index contributed by atoms with van der Waals surface area (Å²) in [5, 5.41) is 13.5. The smallest absolute Gasteiger partial charge is 0.338 e. The summed E-state index contributed by atoms with van der Waals surface area (Å²) in [4.78, 5) is 34.5. The first-order valence-corrected chi connectivity index (χ1v) is 6.87. The lowest BCUT2D eigenvalue weighted by atomic mass is 10.1. The fraction of sp³-hybridized carbons (Fsp3) is 0.400. The van der Waals surface area contributed by atoms with Gasteiger partial charge in [0.25, 0.3) is 5.91 Å². The van der Waals surface area contributed by atoms with Crippen molar-refractivity contribution < 1.29 is 24.2 Å². The monoisotopic (exact) mass is 308 g/mol. The summed E-state index contributed by atoms with van der Waals surface area (Å²) in [5.41, 5.74) is 0.922. The molecule has 120 valence electrons. The van der Waals surface area contributed by atoms with Crippen molar-refractivity contribution in [1.82, 2.24) is 10.6 Å². The molecule has 0 aliphatic carbocycles. The molecule has 0 aliphatic heterocycles. The lowest BCUT2D eigenvalue weighted by Gasteiger charge is -2.09. The molecule has 0 aliphatic rings. The van der Waals surface area contributed by atoms with Crippen LogP contribution in [-0.2, 0) is 16.1 Å². The molecule has 0 spiro atoms. The van der Waals surface area contributed by atoms with Crippen molar-refractivity contribution in [2.24, 2.45) is 5.92 Å². The number of carbonyl (C=O) groups excluding carboxylic acids is 3. The molecule has 0 atom stereocenters. The molecule has 7 heteroatoms. The van der Waals surface area contributed by atoms with Gasteiger partial charge in [-0.15, -0.1) is 0 Å². The van der Waals surface area contributed by atoms with Gasteiger partial charge in [-0.25, -0.2) is 9.59 Å². The Balaban J connectivity index is 2.36. The van der Waals surface area contributed by atoms with E-state index in [1.165, 1.54) is 12.1 Å². The van der Waals surface area contributed by atoms with E-state index in [1.54, 1.807) is 12.1 Å². The lowest BCUT2D eigenvalue weighted by Crippen LogP contribution is -2.42.